The highest BCUT2D eigenvalue weighted by molar-refractivity contribution is 7.17. The fourth-order valence-electron chi connectivity index (χ4n) is 3.09. The Morgan fingerprint density at radius 1 is 1.29 bits per heavy atom. The molecule has 0 radical (unpaired) electrons. The molecule has 0 unspecified atom stereocenters. The lowest BCUT2D eigenvalue weighted by atomic mass is 10.0. The zero-order valence-electron chi connectivity index (χ0n) is 15.7. The molecule has 4 rings (SSSR count). The number of thiazole rings is 1. The number of benzene rings is 1. The highest BCUT2D eigenvalue weighted by Crippen LogP contribution is 2.39. The largest absolute Gasteiger partial charge is 0.467 e. The number of hydrogen-bond donors (Lipinski definition) is 0. The van der Waals surface area contributed by atoms with E-state index >= 15 is 0 Å². The highest BCUT2D eigenvalue weighted by atomic mass is 35.5. The number of nitrogens with zero attached hydrogens (tertiary/aromatic N) is 4. The molecule has 28 heavy (non-hydrogen) atoms. The van der Waals surface area contributed by atoms with Crippen molar-refractivity contribution in [2.24, 2.45) is 5.10 Å². The zero-order chi connectivity index (χ0) is 19.8. The summed E-state index contributed by atoms with van der Waals surface area (Å²) in [7, 11) is 3.47. The second-order valence-corrected chi connectivity index (χ2v) is 8.16. The van der Waals surface area contributed by atoms with Crippen LogP contribution >= 0.6 is 22.9 Å². The van der Waals surface area contributed by atoms with Crippen molar-refractivity contribution in [3.05, 3.63) is 69.6 Å². The third-order valence-corrected chi connectivity index (χ3v) is 5.93. The van der Waals surface area contributed by atoms with Gasteiger partial charge < -0.3 is 9.32 Å². The summed E-state index contributed by atoms with van der Waals surface area (Å²) in [6.07, 6.45) is 2.33. The number of halogens is 1. The zero-order valence-corrected chi connectivity index (χ0v) is 17.3. The Bertz CT molecular complexity index is 1030. The fourth-order valence-corrected chi connectivity index (χ4v) is 4.30. The maximum Gasteiger partial charge on any atom is 0.265 e. The van der Waals surface area contributed by atoms with Gasteiger partial charge in [0.2, 0.25) is 5.13 Å². The van der Waals surface area contributed by atoms with Gasteiger partial charge in [0, 0.05) is 25.5 Å². The minimum Gasteiger partial charge on any atom is -0.467 e. The lowest BCUT2D eigenvalue weighted by molar-refractivity contribution is 0.0831. The molecule has 0 aliphatic carbocycles. The van der Waals surface area contributed by atoms with E-state index in [2.05, 4.69) is 4.98 Å². The van der Waals surface area contributed by atoms with Crippen LogP contribution in [0, 0.1) is 6.92 Å². The SMILES string of the molecule is Cc1nc(N2N=C(c3ccc(Cl)cc3)C[C@H]2c2ccco2)sc1C(=O)N(C)C. The number of carbonyl (C=O) groups is 1. The number of furan rings is 1. The molecule has 0 fully saturated rings. The van der Waals surface area contributed by atoms with Crippen LogP contribution in [0.25, 0.3) is 0 Å². The molecule has 1 amide bonds. The van der Waals surface area contributed by atoms with Gasteiger partial charge in [0.25, 0.3) is 5.91 Å². The Hall–Kier alpha value is -2.64. The van der Waals surface area contributed by atoms with Gasteiger partial charge in [-0.3, -0.25) is 4.79 Å². The van der Waals surface area contributed by atoms with Gasteiger partial charge in [-0.2, -0.15) is 5.10 Å². The maximum absolute atomic E-state index is 12.4. The first-order valence-corrected chi connectivity index (χ1v) is 9.98. The predicted molar refractivity (Wildman–Crippen MR) is 111 cm³/mol. The van der Waals surface area contributed by atoms with E-state index in [4.69, 9.17) is 21.1 Å². The number of hydrogen-bond acceptors (Lipinski definition) is 6. The van der Waals surface area contributed by atoms with Crippen molar-refractivity contribution in [3.8, 4) is 0 Å². The average Bonchev–Trinajstić information content (AvgIpc) is 3.40. The van der Waals surface area contributed by atoms with Gasteiger partial charge in [-0.1, -0.05) is 35.1 Å². The van der Waals surface area contributed by atoms with Crippen molar-refractivity contribution >= 4 is 39.7 Å². The monoisotopic (exact) mass is 414 g/mol. The first kappa shape index (κ1) is 18.7. The van der Waals surface area contributed by atoms with Crippen molar-refractivity contribution in [2.75, 3.05) is 19.1 Å². The van der Waals surface area contributed by atoms with Crippen LogP contribution in [0.1, 0.15) is 39.2 Å². The topological polar surface area (TPSA) is 61.9 Å². The molecule has 6 nitrogen and oxygen atoms in total. The van der Waals surface area contributed by atoms with Crippen LogP contribution in [-0.2, 0) is 0 Å². The van der Waals surface area contributed by atoms with Gasteiger partial charge in [-0.15, -0.1) is 0 Å². The molecule has 0 N–H and O–H groups in total. The number of amides is 1. The second-order valence-electron chi connectivity index (χ2n) is 6.74. The summed E-state index contributed by atoms with van der Waals surface area (Å²) >= 11 is 7.37. The molecule has 0 saturated carbocycles. The van der Waals surface area contributed by atoms with Crippen molar-refractivity contribution in [1.82, 2.24) is 9.88 Å². The van der Waals surface area contributed by atoms with E-state index in [0.29, 0.717) is 27.1 Å². The number of aromatic nitrogens is 1. The van der Waals surface area contributed by atoms with Crippen LogP contribution in [0.15, 0.2) is 52.2 Å². The summed E-state index contributed by atoms with van der Waals surface area (Å²) in [6, 6.07) is 11.3. The molecule has 1 aliphatic rings. The molecule has 144 valence electrons. The first-order chi connectivity index (χ1) is 13.4. The molecule has 1 aliphatic heterocycles. The van der Waals surface area contributed by atoms with Gasteiger partial charge in [-0.25, -0.2) is 9.99 Å². The van der Waals surface area contributed by atoms with Gasteiger partial charge >= 0.3 is 0 Å². The Labute approximate surface area is 172 Å². The third-order valence-electron chi connectivity index (χ3n) is 4.54. The van der Waals surface area contributed by atoms with Gasteiger partial charge in [0.15, 0.2) is 0 Å². The van der Waals surface area contributed by atoms with Gasteiger partial charge in [0.05, 0.1) is 17.7 Å². The summed E-state index contributed by atoms with van der Waals surface area (Å²) < 4.78 is 5.66. The minimum atomic E-state index is -0.117. The number of carbonyl (C=O) groups excluding carboxylic acids is 1. The second kappa shape index (κ2) is 7.41. The molecule has 1 aromatic carbocycles. The summed E-state index contributed by atoms with van der Waals surface area (Å²) in [5, 5.41) is 8.04. The van der Waals surface area contributed by atoms with Gasteiger partial charge in [-0.05, 0) is 36.8 Å². The first-order valence-electron chi connectivity index (χ1n) is 8.79. The summed E-state index contributed by atoms with van der Waals surface area (Å²) in [5.74, 6) is 0.748. The van der Waals surface area contributed by atoms with Crippen LogP contribution in [0.5, 0.6) is 0 Å². The van der Waals surface area contributed by atoms with Crippen molar-refractivity contribution in [2.45, 2.75) is 19.4 Å². The van der Waals surface area contributed by atoms with Crippen LogP contribution in [0.4, 0.5) is 5.13 Å². The lowest BCUT2D eigenvalue weighted by Gasteiger charge is -2.18. The Morgan fingerprint density at radius 3 is 2.68 bits per heavy atom. The molecule has 2 aromatic heterocycles. The van der Waals surface area contributed by atoms with Crippen LogP contribution in [0.3, 0.4) is 0 Å². The van der Waals surface area contributed by atoms with E-state index in [1.807, 2.05) is 48.3 Å². The molecule has 3 aromatic rings. The van der Waals surface area contributed by atoms with Crippen LogP contribution in [-0.4, -0.2) is 35.6 Å². The van der Waals surface area contributed by atoms with Crippen molar-refractivity contribution in [1.29, 1.82) is 0 Å². The van der Waals surface area contributed by atoms with Gasteiger partial charge in [0.1, 0.15) is 16.7 Å². The highest BCUT2D eigenvalue weighted by Gasteiger charge is 2.34. The molecule has 0 saturated heterocycles. The number of rotatable bonds is 4. The summed E-state index contributed by atoms with van der Waals surface area (Å²) in [5.41, 5.74) is 2.62. The average molecular weight is 415 g/mol. The van der Waals surface area contributed by atoms with Crippen molar-refractivity contribution < 1.29 is 9.21 Å². The Kier molecular flexibility index (Phi) is 4.95. The van der Waals surface area contributed by atoms with Crippen LogP contribution in [0.2, 0.25) is 5.02 Å². The molecule has 3 heterocycles. The minimum absolute atomic E-state index is 0.0584. The van der Waals surface area contributed by atoms with E-state index in [1.54, 1.807) is 25.3 Å². The quantitative estimate of drug-likeness (QED) is 0.617. The molecular formula is C20H19ClN4O2S. The van der Waals surface area contributed by atoms with Crippen molar-refractivity contribution in [3.63, 3.8) is 0 Å². The molecule has 0 bridgehead atoms. The van der Waals surface area contributed by atoms with E-state index in [-0.39, 0.29) is 11.9 Å². The number of hydrazone groups is 1. The summed E-state index contributed by atoms with van der Waals surface area (Å²) in [4.78, 5) is 19.2. The van der Waals surface area contributed by atoms with E-state index < -0.39 is 0 Å². The Morgan fingerprint density at radius 2 is 2.04 bits per heavy atom. The predicted octanol–water partition coefficient (Wildman–Crippen LogP) is 4.76. The molecule has 0 spiro atoms. The maximum atomic E-state index is 12.4. The lowest BCUT2D eigenvalue weighted by Crippen LogP contribution is -2.21. The smallest absolute Gasteiger partial charge is 0.265 e. The third kappa shape index (κ3) is 3.43. The normalized spacial score (nSPS) is 16.4. The summed E-state index contributed by atoms with van der Waals surface area (Å²) in [6.45, 7) is 1.85. The fraction of sp³-hybridized carbons (Fsp3) is 0.250. The van der Waals surface area contributed by atoms with E-state index in [1.165, 1.54) is 11.3 Å². The van der Waals surface area contributed by atoms with Crippen LogP contribution < -0.4 is 5.01 Å². The van der Waals surface area contributed by atoms with E-state index in [9.17, 15) is 4.79 Å². The molecule has 1 atom stereocenters. The number of anilines is 1. The standard InChI is InChI=1S/C20H19ClN4O2S/c1-12-18(19(26)24(2)3)28-20(22-12)25-16(17-5-4-10-27-17)11-15(23-25)13-6-8-14(21)9-7-13/h4-10,16H,11H2,1-3H3/t16-/m0/s1. The molecular weight excluding hydrogens is 396 g/mol. The Balaban J connectivity index is 1.74. The van der Waals surface area contributed by atoms with E-state index in [0.717, 1.165) is 17.0 Å². The molecule has 8 heteroatoms. The number of aryl methyl sites for hydroxylation is 1.